The Kier molecular flexibility index (Phi) is 6.06. The molecule has 0 bridgehead atoms. The Bertz CT molecular complexity index is 572. The van der Waals surface area contributed by atoms with Crippen molar-refractivity contribution >= 4 is 16.7 Å². The molecule has 0 radical (unpaired) electrons. The summed E-state index contributed by atoms with van der Waals surface area (Å²) in [5, 5.41) is 3.30. The lowest BCUT2D eigenvalue weighted by Crippen LogP contribution is -2.49. The predicted octanol–water partition coefficient (Wildman–Crippen LogP) is 2.49. The molecule has 1 aliphatic carbocycles. The van der Waals surface area contributed by atoms with Crippen molar-refractivity contribution < 1.29 is 9.00 Å². The number of rotatable bonds is 5. The molecule has 0 spiro atoms. The van der Waals surface area contributed by atoms with Crippen LogP contribution in [0.1, 0.15) is 44.2 Å². The van der Waals surface area contributed by atoms with Crippen LogP contribution in [-0.4, -0.2) is 45.7 Å². The highest BCUT2D eigenvalue weighted by atomic mass is 32.2. The minimum Gasteiger partial charge on any atom is -0.348 e. The fourth-order valence-electron chi connectivity index (χ4n) is 3.96. The average Bonchev–Trinajstić information content (AvgIpc) is 3.10. The van der Waals surface area contributed by atoms with Gasteiger partial charge < -0.3 is 5.32 Å². The van der Waals surface area contributed by atoms with E-state index in [4.69, 9.17) is 0 Å². The predicted molar refractivity (Wildman–Crippen MR) is 98.2 cm³/mol. The van der Waals surface area contributed by atoms with Crippen LogP contribution in [0.2, 0.25) is 0 Å². The molecule has 1 saturated heterocycles. The van der Waals surface area contributed by atoms with Crippen molar-refractivity contribution in [3.8, 4) is 0 Å². The second kappa shape index (κ2) is 8.26. The van der Waals surface area contributed by atoms with Gasteiger partial charge >= 0.3 is 0 Å². The average molecular weight is 349 g/mol. The molecule has 4 nitrogen and oxygen atoms in total. The van der Waals surface area contributed by atoms with E-state index < -0.39 is 10.8 Å². The van der Waals surface area contributed by atoms with Crippen molar-refractivity contribution in [2.24, 2.45) is 5.92 Å². The number of amides is 1. The van der Waals surface area contributed by atoms with E-state index in [2.05, 4.69) is 29.3 Å². The molecule has 1 saturated carbocycles. The largest absolute Gasteiger partial charge is 0.348 e. The van der Waals surface area contributed by atoms with Crippen LogP contribution in [0.4, 0.5) is 0 Å². The number of hydrogen-bond acceptors (Lipinski definition) is 3. The van der Waals surface area contributed by atoms with Gasteiger partial charge in [0, 0.05) is 34.9 Å². The SMILES string of the molecule is C[C@@H]1C[S@@](=O)CCN1CC(=O)N[C@H](c1ccccc1)C1CCCC1. The lowest BCUT2D eigenvalue weighted by molar-refractivity contribution is -0.123. The molecule has 3 rings (SSSR count). The summed E-state index contributed by atoms with van der Waals surface area (Å²) in [4.78, 5) is 14.8. The molecule has 0 aromatic heterocycles. The summed E-state index contributed by atoms with van der Waals surface area (Å²) < 4.78 is 11.6. The molecule has 0 unspecified atom stereocenters. The Hall–Kier alpha value is -1.20. The van der Waals surface area contributed by atoms with Gasteiger partial charge in [-0.3, -0.25) is 13.9 Å². The molecular weight excluding hydrogens is 320 g/mol. The first kappa shape index (κ1) is 17.6. The Morgan fingerprint density at radius 1 is 1.29 bits per heavy atom. The highest BCUT2D eigenvalue weighted by molar-refractivity contribution is 7.85. The molecule has 1 N–H and O–H groups in total. The van der Waals surface area contributed by atoms with E-state index in [1.165, 1.54) is 31.2 Å². The molecule has 1 aromatic carbocycles. The second-order valence-corrected chi connectivity index (χ2v) is 8.75. The van der Waals surface area contributed by atoms with E-state index in [-0.39, 0.29) is 18.0 Å². The van der Waals surface area contributed by atoms with Crippen molar-refractivity contribution in [3.05, 3.63) is 35.9 Å². The van der Waals surface area contributed by atoms with Crippen molar-refractivity contribution in [1.29, 1.82) is 0 Å². The topological polar surface area (TPSA) is 49.4 Å². The Balaban J connectivity index is 1.64. The number of hydrogen-bond donors (Lipinski definition) is 1. The van der Waals surface area contributed by atoms with E-state index in [1.807, 2.05) is 18.2 Å². The molecule has 2 fully saturated rings. The van der Waals surface area contributed by atoms with Gasteiger partial charge in [-0.15, -0.1) is 0 Å². The molecule has 1 amide bonds. The third kappa shape index (κ3) is 4.45. The Morgan fingerprint density at radius 3 is 2.67 bits per heavy atom. The van der Waals surface area contributed by atoms with Gasteiger partial charge in [-0.05, 0) is 31.2 Å². The molecule has 1 aromatic rings. The number of benzene rings is 1. The molecule has 3 atom stereocenters. The van der Waals surface area contributed by atoms with Gasteiger partial charge in [0.05, 0.1) is 12.6 Å². The number of nitrogens with zero attached hydrogens (tertiary/aromatic N) is 1. The minimum absolute atomic E-state index is 0.0929. The normalized spacial score (nSPS) is 27.0. The monoisotopic (exact) mass is 348 g/mol. The first-order valence-corrected chi connectivity index (χ1v) is 10.6. The Labute approximate surface area is 147 Å². The van der Waals surface area contributed by atoms with Gasteiger partial charge in [0.15, 0.2) is 0 Å². The summed E-state index contributed by atoms with van der Waals surface area (Å²) in [6.45, 7) is 3.23. The van der Waals surface area contributed by atoms with Gasteiger partial charge in [-0.1, -0.05) is 43.2 Å². The van der Waals surface area contributed by atoms with Crippen LogP contribution < -0.4 is 5.32 Å². The molecular formula is C19H28N2O2S. The quantitative estimate of drug-likeness (QED) is 0.889. The first-order valence-electron chi connectivity index (χ1n) is 9.07. The summed E-state index contributed by atoms with van der Waals surface area (Å²) in [5.74, 6) is 2.00. The van der Waals surface area contributed by atoms with E-state index in [9.17, 15) is 9.00 Å². The zero-order valence-corrected chi connectivity index (χ0v) is 15.3. The van der Waals surface area contributed by atoms with Crippen LogP contribution in [0.15, 0.2) is 30.3 Å². The first-order chi connectivity index (χ1) is 11.6. The van der Waals surface area contributed by atoms with Crippen LogP contribution in [0.3, 0.4) is 0 Å². The number of carbonyl (C=O) groups excluding carboxylic acids is 1. The second-order valence-electron chi connectivity index (χ2n) is 7.13. The van der Waals surface area contributed by atoms with Gasteiger partial charge in [-0.2, -0.15) is 0 Å². The summed E-state index contributed by atoms with van der Waals surface area (Å²) >= 11 is 0. The summed E-state index contributed by atoms with van der Waals surface area (Å²) in [7, 11) is -0.722. The maximum Gasteiger partial charge on any atom is 0.234 e. The van der Waals surface area contributed by atoms with Gasteiger partial charge in [-0.25, -0.2) is 0 Å². The zero-order chi connectivity index (χ0) is 16.9. The number of nitrogens with one attached hydrogen (secondary N) is 1. The van der Waals surface area contributed by atoms with Crippen molar-refractivity contribution in [1.82, 2.24) is 10.2 Å². The molecule has 24 heavy (non-hydrogen) atoms. The standard InChI is InChI=1S/C19H28N2O2S/c1-15-14-24(23)12-11-21(15)13-18(22)20-19(17-9-5-6-10-17)16-7-3-2-4-8-16/h2-4,7-8,15,17,19H,5-6,9-14H2,1H3,(H,20,22)/t15-,19-,24+/m1/s1. The summed E-state index contributed by atoms with van der Waals surface area (Å²) in [5.41, 5.74) is 1.21. The van der Waals surface area contributed by atoms with Crippen LogP contribution in [0.5, 0.6) is 0 Å². The highest BCUT2D eigenvalue weighted by Gasteiger charge is 2.29. The zero-order valence-electron chi connectivity index (χ0n) is 14.4. The van der Waals surface area contributed by atoms with E-state index in [0.29, 0.717) is 24.0 Å². The third-order valence-electron chi connectivity index (χ3n) is 5.35. The van der Waals surface area contributed by atoms with E-state index >= 15 is 0 Å². The van der Waals surface area contributed by atoms with Crippen LogP contribution >= 0.6 is 0 Å². The highest BCUT2D eigenvalue weighted by Crippen LogP contribution is 2.35. The smallest absolute Gasteiger partial charge is 0.234 e. The van der Waals surface area contributed by atoms with Crippen LogP contribution in [0.25, 0.3) is 0 Å². The summed E-state index contributed by atoms with van der Waals surface area (Å²) in [6.07, 6.45) is 4.91. The van der Waals surface area contributed by atoms with Gasteiger partial charge in [0.25, 0.3) is 0 Å². The fourth-order valence-corrected chi connectivity index (χ4v) is 5.31. The van der Waals surface area contributed by atoms with Gasteiger partial charge in [0.1, 0.15) is 0 Å². The molecule has 132 valence electrons. The third-order valence-corrected chi connectivity index (χ3v) is 6.84. The summed E-state index contributed by atoms with van der Waals surface area (Å²) in [6, 6.07) is 10.7. The molecule has 2 aliphatic rings. The Morgan fingerprint density at radius 2 is 2.00 bits per heavy atom. The molecule has 5 heteroatoms. The lowest BCUT2D eigenvalue weighted by Gasteiger charge is -2.33. The lowest BCUT2D eigenvalue weighted by atomic mass is 9.91. The molecule has 1 heterocycles. The van der Waals surface area contributed by atoms with Crippen molar-refractivity contribution in [2.75, 3.05) is 24.6 Å². The number of carbonyl (C=O) groups is 1. The van der Waals surface area contributed by atoms with Gasteiger partial charge in [0.2, 0.25) is 5.91 Å². The maximum absolute atomic E-state index is 12.7. The van der Waals surface area contributed by atoms with Crippen molar-refractivity contribution in [3.63, 3.8) is 0 Å². The fraction of sp³-hybridized carbons (Fsp3) is 0.632. The molecule has 1 aliphatic heterocycles. The minimum atomic E-state index is -0.722. The van der Waals surface area contributed by atoms with Crippen molar-refractivity contribution in [2.45, 2.75) is 44.7 Å². The van der Waals surface area contributed by atoms with Crippen LogP contribution in [-0.2, 0) is 15.6 Å². The van der Waals surface area contributed by atoms with E-state index in [1.54, 1.807) is 0 Å². The van der Waals surface area contributed by atoms with Crippen LogP contribution in [0, 0.1) is 5.92 Å². The maximum atomic E-state index is 12.7. The van der Waals surface area contributed by atoms with E-state index in [0.717, 1.165) is 6.54 Å².